The van der Waals surface area contributed by atoms with Gasteiger partial charge < -0.3 is 76.2 Å². The molecule has 0 saturated heterocycles. The number of phosphoric ester groups is 2. The van der Waals surface area contributed by atoms with Crippen molar-refractivity contribution in [2.45, 2.75) is 253 Å². The molecule has 1 heterocycles. The number of primary amides is 1. The Morgan fingerprint density at radius 2 is 1.43 bits per heavy atom. The summed E-state index contributed by atoms with van der Waals surface area (Å²) in [5.74, 6) is -10.4. The van der Waals surface area contributed by atoms with Crippen LogP contribution in [-0.4, -0.2) is 179 Å². The zero-order chi connectivity index (χ0) is 85.2. The summed E-state index contributed by atoms with van der Waals surface area (Å²) < 4.78 is 64.1. The molecule has 9 amide bonds. The smallest absolute Gasteiger partial charge is 0.462 e. The predicted octanol–water partition coefficient (Wildman–Crippen LogP) is 9.81. The van der Waals surface area contributed by atoms with Gasteiger partial charge in [-0.2, -0.15) is 4.31 Å². The Morgan fingerprint density at radius 3 is 2.07 bits per heavy atom. The SMILES string of the molecule is C/C=C(\C)[C@H]1OC(=O)[C@@H](C)NC(=O)[C@H](C(C)CC)NC(=O)CN(C)C(=O)[C@@H](Cc2ccc(Cl)cc2)N(C)C(=O)[C@H](C)NC(=O)[C@@H](CC(C)C)OC(=O)/C(C)=C/C[C@H](OC(=O)NCCCCCOP(=O)(O)OP(=O)(O)OCc2ccc(NC(=O)[C@H](CCCCC(N)=O)NC(=O)[C@H](CC(=O)OC3CC/C=C/CCC3)C(C)C)cc2)[C@@H]1C. The molecule has 0 aromatic heterocycles. The molecular formula is C79H120ClN9O23P2. The quantitative estimate of drug-likeness (QED) is 0.0105. The van der Waals surface area contributed by atoms with Crippen LogP contribution in [0.4, 0.5) is 10.5 Å². The summed E-state index contributed by atoms with van der Waals surface area (Å²) in [4.78, 5) is 188. The average Bonchev–Trinajstić information content (AvgIpc) is 0.834. The Kier molecular flexibility index (Phi) is 42.0. The number of unbranched alkanes of at least 4 members (excludes halogenated alkanes) is 3. The zero-order valence-electron chi connectivity index (χ0n) is 68.1. The molecule has 10 N–H and O–H groups in total. The van der Waals surface area contributed by atoms with Gasteiger partial charge in [-0.15, -0.1) is 0 Å². The summed E-state index contributed by atoms with van der Waals surface area (Å²) in [7, 11) is -7.78. The molecule has 2 aromatic rings. The van der Waals surface area contributed by atoms with Gasteiger partial charge in [-0.3, -0.25) is 52.2 Å². The average molecular weight is 1660 g/mol. The van der Waals surface area contributed by atoms with Crippen molar-refractivity contribution in [2.24, 2.45) is 35.3 Å². The van der Waals surface area contributed by atoms with Crippen molar-refractivity contribution in [1.29, 1.82) is 0 Å². The largest absolute Gasteiger partial charge is 0.481 e. The number of carbonyl (C=O) groups is 12. The third-order valence-electron chi connectivity index (χ3n) is 19.6. The molecule has 0 spiro atoms. The van der Waals surface area contributed by atoms with Crippen molar-refractivity contribution in [3.8, 4) is 0 Å². The van der Waals surface area contributed by atoms with Gasteiger partial charge in [0.25, 0.3) is 5.91 Å². The maximum atomic E-state index is 14.4. The fourth-order valence-corrected chi connectivity index (χ4v) is 14.6. The van der Waals surface area contributed by atoms with E-state index in [1.54, 1.807) is 92.7 Å². The Hall–Kier alpha value is -8.35. The molecule has 0 radical (unpaired) electrons. The molecule has 114 heavy (non-hydrogen) atoms. The Morgan fingerprint density at radius 1 is 0.781 bits per heavy atom. The van der Waals surface area contributed by atoms with E-state index >= 15 is 0 Å². The molecule has 4 unspecified atom stereocenters. The van der Waals surface area contributed by atoms with E-state index < -0.39 is 173 Å². The minimum atomic E-state index is -5.28. The van der Waals surface area contributed by atoms with Crippen molar-refractivity contribution in [1.82, 2.24) is 36.4 Å². The molecule has 2 aliphatic rings. The Balaban J connectivity index is 1.43. The first kappa shape index (κ1) is 98.0. The monoisotopic (exact) mass is 1660 g/mol. The minimum absolute atomic E-state index is 0.0166. The number of allylic oxidation sites excluding steroid dienone is 3. The van der Waals surface area contributed by atoms with Crippen molar-refractivity contribution in [2.75, 3.05) is 39.1 Å². The van der Waals surface area contributed by atoms with E-state index in [1.807, 2.05) is 0 Å². The Bertz CT molecular complexity index is 3770. The molecule has 35 heteroatoms. The number of nitrogens with one attached hydrogen (secondary N) is 6. The molecule has 1 aliphatic carbocycles. The Labute approximate surface area is 674 Å². The number of cyclic esters (lactones) is 2. The topological polar surface area (TPSA) is 449 Å². The number of halogens is 1. The predicted molar refractivity (Wildman–Crippen MR) is 425 cm³/mol. The maximum Gasteiger partial charge on any atom is 0.481 e. The van der Waals surface area contributed by atoms with Crippen LogP contribution in [0.25, 0.3) is 0 Å². The molecule has 636 valence electrons. The summed E-state index contributed by atoms with van der Waals surface area (Å²) in [6.07, 6.45) is 7.56. The lowest BCUT2D eigenvalue weighted by Crippen LogP contribution is -2.57. The van der Waals surface area contributed by atoms with E-state index in [9.17, 15) is 76.5 Å². The van der Waals surface area contributed by atoms with Crippen LogP contribution in [0.15, 0.2) is 84.0 Å². The fraction of sp³-hybridized carbons (Fsp3) is 0.620. The molecular weight excluding hydrogens is 1540 g/mol. The van der Waals surface area contributed by atoms with E-state index in [1.165, 1.54) is 65.2 Å². The third-order valence-corrected chi connectivity index (χ3v) is 22.5. The van der Waals surface area contributed by atoms with Crippen molar-refractivity contribution in [3.05, 3.63) is 100 Å². The van der Waals surface area contributed by atoms with Gasteiger partial charge in [0.2, 0.25) is 41.4 Å². The summed E-state index contributed by atoms with van der Waals surface area (Å²) >= 11 is 6.18. The molecule has 2 aromatic carbocycles. The third kappa shape index (κ3) is 35.0. The summed E-state index contributed by atoms with van der Waals surface area (Å²) in [5.41, 5.74) is 6.92. The lowest BCUT2D eigenvalue weighted by Gasteiger charge is -2.33. The van der Waals surface area contributed by atoms with E-state index in [0.29, 0.717) is 48.3 Å². The van der Waals surface area contributed by atoms with Crippen LogP contribution >= 0.6 is 27.2 Å². The van der Waals surface area contributed by atoms with Crippen LogP contribution < -0.4 is 37.6 Å². The number of amides is 9. The van der Waals surface area contributed by atoms with Gasteiger partial charge in [-0.05, 0) is 164 Å². The zero-order valence-corrected chi connectivity index (χ0v) is 70.6. The molecule has 1 aliphatic heterocycles. The highest BCUT2D eigenvalue weighted by molar-refractivity contribution is 7.61. The summed E-state index contributed by atoms with van der Waals surface area (Å²) in [5, 5.41) is 16.6. The lowest BCUT2D eigenvalue weighted by atomic mass is 9.90. The standard InChI is InChI=1S/C79H120ClN9O23P2/c1-15-50(7)69-74(96)84-55(12)78(100)111-70(51(8)16-2)53(10)64(40-31-52(9)77(99)109-65(43-48(3)4)73(95)83-54(11)75(97)89(14)63(44-56-32-36-58(80)37-33-56)76(98)88(13)46-67(91)87-69)110-79(101)82-41-25-20-26-42-106-113(102,103)112-114(104,105)107-47-57-34-38-59(39-35-57)85-72(94)62(29-23-24-30-66(81)90)86-71(93)61(49(5)6)45-68(92)108-60-27-21-18-17-19-22-28-60/h16-18,31-39,48-50,53-55,60-65,69-70H,15,19-30,40-47H2,1-14H3,(H2,81,90)(H,82,101)(H,83,95)(H,84,96)(H,85,94)(H,86,93)(H,87,91)(H,102,103)(H,104,105)/b18-17+,51-16+,52-31+/t50?,53-,54-,55+,60?,61+,62-,63+,64-,65+,69-,70+/m0/s1. The number of nitrogens with two attached hydrogens (primary N) is 1. The van der Waals surface area contributed by atoms with Crippen molar-refractivity contribution < 1.29 is 109 Å². The number of hydrogen-bond acceptors (Lipinski definition) is 21. The van der Waals surface area contributed by atoms with Gasteiger partial charge in [0, 0.05) is 62.1 Å². The second kappa shape index (κ2) is 48.9. The van der Waals surface area contributed by atoms with Crippen LogP contribution in [0.5, 0.6) is 0 Å². The number of hydrogen-bond donors (Lipinski definition) is 9. The lowest BCUT2D eigenvalue weighted by molar-refractivity contribution is -0.155. The van der Waals surface area contributed by atoms with Crippen LogP contribution in [0.2, 0.25) is 5.02 Å². The molecule has 0 fully saturated rings. The first-order chi connectivity index (χ1) is 53.6. The van der Waals surface area contributed by atoms with Gasteiger partial charge in [0.15, 0.2) is 6.10 Å². The number of esters is 3. The highest BCUT2D eigenvalue weighted by Crippen LogP contribution is 2.60. The molecule has 4 rings (SSSR count). The fourth-order valence-electron chi connectivity index (χ4n) is 12.4. The molecule has 14 atom stereocenters. The molecule has 32 nitrogen and oxygen atoms in total. The van der Waals surface area contributed by atoms with E-state index in [-0.39, 0.29) is 99.1 Å². The van der Waals surface area contributed by atoms with Gasteiger partial charge in [0.1, 0.15) is 48.5 Å². The number of ether oxygens (including phenoxy) is 4. The van der Waals surface area contributed by atoms with Crippen LogP contribution in [-0.2, 0) is 107 Å². The number of rotatable bonds is 33. The minimum Gasteiger partial charge on any atom is -0.462 e. The number of carbonyl (C=O) groups excluding carboxylic acids is 12. The van der Waals surface area contributed by atoms with Crippen LogP contribution in [0, 0.1) is 29.6 Å². The maximum absolute atomic E-state index is 14.4. The summed E-state index contributed by atoms with van der Waals surface area (Å²) in [6.45, 7) is 18.2. The summed E-state index contributed by atoms with van der Waals surface area (Å²) in [6, 6.07) is 6.12. The number of likely N-dealkylation sites (N-methyl/N-ethyl adjacent to an activating group) is 2. The second-order valence-electron chi connectivity index (χ2n) is 29.9. The van der Waals surface area contributed by atoms with Crippen LogP contribution in [0.1, 0.15) is 197 Å². The second-order valence-corrected chi connectivity index (χ2v) is 33.4. The number of nitrogens with zero attached hydrogens (tertiary/aromatic N) is 2. The van der Waals surface area contributed by atoms with Gasteiger partial charge in [-0.1, -0.05) is 121 Å². The highest BCUT2D eigenvalue weighted by Gasteiger charge is 2.40. The first-order valence-electron chi connectivity index (χ1n) is 38.9. The molecule has 0 saturated carbocycles. The van der Waals surface area contributed by atoms with Crippen molar-refractivity contribution in [3.63, 3.8) is 0 Å². The van der Waals surface area contributed by atoms with Gasteiger partial charge in [-0.25, -0.2) is 23.5 Å². The highest BCUT2D eigenvalue weighted by atomic mass is 35.5. The van der Waals surface area contributed by atoms with Crippen LogP contribution in [0.3, 0.4) is 0 Å². The van der Waals surface area contributed by atoms with E-state index in [0.717, 1.165) is 29.1 Å². The number of alkyl carbamates (subject to hydrolysis) is 1. The number of anilines is 1. The first-order valence-corrected chi connectivity index (χ1v) is 42.3. The molecule has 0 bridgehead atoms. The van der Waals surface area contributed by atoms with E-state index in [4.69, 9.17) is 45.3 Å². The number of benzene rings is 2. The normalized spacial score (nSPS) is 23.9. The van der Waals surface area contributed by atoms with Gasteiger partial charge in [0.05, 0.1) is 32.1 Å². The van der Waals surface area contributed by atoms with Crippen molar-refractivity contribution >= 4 is 104 Å². The van der Waals surface area contributed by atoms with Gasteiger partial charge >= 0.3 is 39.6 Å². The van der Waals surface area contributed by atoms with E-state index in [2.05, 4.69) is 48.4 Å². The number of phosphoric acid groups is 2.